The molecule has 0 saturated carbocycles. The standard InChI is InChI=1S/C8H10ClNO3/c1-13-8(11)7-3-2-4-10(12,5-7)6-9/h2-4H,5-6H2,1H3. The van der Waals surface area contributed by atoms with E-state index in [-0.39, 0.29) is 12.5 Å². The number of esters is 1. The lowest BCUT2D eigenvalue weighted by atomic mass is 10.2. The molecule has 0 spiro atoms. The average Bonchev–Trinajstić information content (AvgIpc) is 2.17. The quantitative estimate of drug-likeness (QED) is 0.222. The third-order valence-electron chi connectivity index (χ3n) is 1.74. The fourth-order valence-electron chi connectivity index (χ4n) is 1.06. The zero-order chi connectivity index (χ0) is 9.90. The van der Waals surface area contributed by atoms with Crippen molar-refractivity contribution in [2.45, 2.75) is 0 Å². The predicted octanol–water partition coefficient (Wildman–Crippen LogP) is 1.12. The number of carbonyl (C=O) groups is 1. The summed E-state index contributed by atoms with van der Waals surface area (Å²) >= 11 is 5.46. The molecule has 0 fully saturated rings. The van der Waals surface area contributed by atoms with Crippen molar-refractivity contribution in [1.29, 1.82) is 0 Å². The van der Waals surface area contributed by atoms with Gasteiger partial charge in [-0.2, -0.15) is 0 Å². The first kappa shape index (κ1) is 10.2. The van der Waals surface area contributed by atoms with Crippen molar-refractivity contribution in [2.75, 3.05) is 19.7 Å². The van der Waals surface area contributed by atoms with E-state index in [4.69, 9.17) is 11.6 Å². The zero-order valence-electron chi connectivity index (χ0n) is 7.20. The van der Waals surface area contributed by atoms with Crippen LogP contribution in [0.1, 0.15) is 0 Å². The Balaban J connectivity index is 2.77. The molecular weight excluding hydrogens is 194 g/mol. The lowest BCUT2D eigenvalue weighted by Crippen LogP contribution is -2.39. The highest BCUT2D eigenvalue weighted by molar-refractivity contribution is 6.17. The number of hydrogen-bond acceptors (Lipinski definition) is 3. The summed E-state index contributed by atoms with van der Waals surface area (Å²) in [6.07, 6.45) is 4.48. The molecule has 0 N–H and O–H groups in total. The van der Waals surface area contributed by atoms with E-state index in [1.54, 1.807) is 6.08 Å². The van der Waals surface area contributed by atoms with E-state index in [2.05, 4.69) is 4.74 Å². The Morgan fingerprint density at radius 1 is 1.85 bits per heavy atom. The summed E-state index contributed by atoms with van der Waals surface area (Å²) in [5.41, 5.74) is 0.348. The van der Waals surface area contributed by atoms with Crippen LogP contribution in [0, 0.1) is 5.21 Å². The number of rotatable bonds is 2. The highest BCUT2D eigenvalue weighted by Gasteiger charge is 2.22. The fourth-order valence-corrected chi connectivity index (χ4v) is 1.22. The average molecular weight is 204 g/mol. The van der Waals surface area contributed by atoms with Gasteiger partial charge in [0.15, 0.2) is 6.00 Å². The Bertz CT molecular complexity index is 275. The van der Waals surface area contributed by atoms with E-state index < -0.39 is 10.6 Å². The highest BCUT2D eigenvalue weighted by Crippen LogP contribution is 2.17. The van der Waals surface area contributed by atoms with Crippen molar-refractivity contribution in [3.8, 4) is 0 Å². The van der Waals surface area contributed by atoms with Gasteiger partial charge in [-0.1, -0.05) is 11.6 Å². The van der Waals surface area contributed by atoms with Crippen molar-refractivity contribution in [2.24, 2.45) is 0 Å². The minimum Gasteiger partial charge on any atom is -0.627 e. The monoisotopic (exact) mass is 203 g/mol. The van der Waals surface area contributed by atoms with Crippen LogP contribution in [0.2, 0.25) is 0 Å². The van der Waals surface area contributed by atoms with Crippen LogP contribution in [-0.2, 0) is 9.53 Å². The van der Waals surface area contributed by atoms with Crippen LogP contribution in [0.15, 0.2) is 23.9 Å². The summed E-state index contributed by atoms with van der Waals surface area (Å²) in [4.78, 5) is 11.1. The first-order chi connectivity index (χ1) is 6.11. The first-order valence-corrected chi connectivity index (χ1v) is 4.25. The predicted molar refractivity (Wildman–Crippen MR) is 48.5 cm³/mol. The van der Waals surface area contributed by atoms with Gasteiger partial charge >= 0.3 is 5.97 Å². The largest absolute Gasteiger partial charge is 0.627 e. The van der Waals surface area contributed by atoms with Gasteiger partial charge in [0.05, 0.1) is 18.9 Å². The Kier molecular flexibility index (Phi) is 3.08. The first-order valence-electron chi connectivity index (χ1n) is 3.72. The molecule has 0 aromatic carbocycles. The molecule has 72 valence electrons. The summed E-state index contributed by atoms with van der Waals surface area (Å²) in [5.74, 6) is -0.479. The van der Waals surface area contributed by atoms with Crippen molar-refractivity contribution in [3.05, 3.63) is 29.1 Å². The van der Waals surface area contributed by atoms with Crippen molar-refractivity contribution >= 4 is 17.6 Å². The van der Waals surface area contributed by atoms with E-state index in [1.807, 2.05) is 0 Å². The minimum atomic E-state index is -0.720. The summed E-state index contributed by atoms with van der Waals surface area (Å²) in [6.45, 7) is 0.0344. The molecule has 0 bridgehead atoms. The van der Waals surface area contributed by atoms with Crippen LogP contribution >= 0.6 is 11.6 Å². The van der Waals surface area contributed by atoms with Crippen molar-refractivity contribution in [3.63, 3.8) is 0 Å². The Morgan fingerprint density at radius 3 is 3.08 bits per heavy atom. The molecular formula is C8H10ClNO3. The normalized spacial score (nSPS) is 26.8. The van der Waals surface area contributed by atoms with Gasteiger partial charge in [-0.15, -0.1) is 0 Å². The van der Waals surface area contributed by atoms with Gasteiger partial charge < -0.3 is 14.6 Å². The molecule has 0 saturated heterocycles. The molecule has 13 heavy (non-hydrogen) atoms. The van der Waals surface area contributed by atoms with E-state index in [9.17, 15) is 10.0 Å². The number of halogens is 1. The van der Waals surface area contributed by atoms with Gasteiger partial charge in [0.1, 0.15) is 6.54 Å². The molecule has 0 aromatic heterocycles. The molecule has 0 aromatic rings. The van der Waals surface area contributed by atoms with Gasteiger partial charge in [0, 0.05) is 0 Å². The van der Waals surface area contributed by atoms with Crippen LogP contribution in [-0.4, -0.2) is 30.3 Å². The third-order valence-corrected chi connectivity index (χ3v) is 2.15. The molecule has 0 aliphatic carbocycles. The molecule has 1 unspecified atom stereocenters. The number of quaternary nitrogens is 1. The Morgan fingerprint density at radius 2 is 2.54 bits per heavy atom. The van der Waals surface area contributed by atoms with Gasteiger partial charge in [0.2, 0.25) is 0 Å². The van der Waals surface area contributed by atoms with Gasteiger partial charge in [-0.3, -0.25) is 0 Å². The molecule has 1 heterocycles. The second-order valence-electron chi connectivity index (χ2n) is 2.76. The molecule has 0 amide bonds. The number of nitrogens with zero attached hydrogens (tertiary/aromatic N) is 1. The minimum absolute atomic E-state index is 0.0344. The van der Waals surface area contributed by atoms with Crippen LogP contribution in [0.5, 0.6) is 0 Å². The second kappa shape index (κ2) is 3.91. The van der Waals surface area contributed by atoms with E-state index in [1.165, 1.54) is 19.4 Å². The number of carbonyl (C=O) groups excluding carboxylic acids is 1. The van der Waals surface area contributed by atoms with Crippen LogP contribution in [0.25, 0.3) is 0 Å². The number of hydrogen-bond donors (Lipinski definition) is 0. The fraction of sp³-hybridized carbons (Fsp3) is 0.375. The molecule has 4 nitrogen and oxygen atoms in total. The Hall–Kier alpha value is -0.840. The molecule has 1 atom stereocenters. The number of allylic oxidation sites excluding steroid dienone is 2. The number of hydroxylamine groups is 3. The SMILES string of the molecule is COC(=O)C1=CC=C[N+]([O-])(CCl)C1. The van der Waals surface area contributed by atoms with E-state index >= 15 is 0 Å². The molecule has 1 aliphatic heterocycles. The summed E-state index contributed by atoms with van der Waals surface area (Å²) in [7, 11) is 1.28. The summed E-state index contributed by atoms with van der Waals surface area (Å²) < 4.78 is 3.77. The molecule has 1 rings (SSSR count). The highest BCUT2D eigenvalue weighted by atomic mass is 35.5. The number of ether oxygens (including phenoxy) is 1. The summed E-state index contributed by atoms with van der Waals surface area (Å²) in [6, 6.07) is -0.106. The zero-order valence-corrected chi connectivity index (χ0v) is 7.95. The van der Waals surface area contributed by atoms with Crippen LogP contribution in [0.4, 0.5) is 0 Å². The smallest absolute Gasteiger partial charge is 0.339 e. The van der Waals surface area contributed by atoms with Crippen molar-refractivity contribution in [1.82, 2.24) is 0 Å². The van der Waals surface area contributed by atoms with Gasteiger partial charge in [-0.25, -0.2) is 4.79 Å². The Labute approximate surface area is 81.2 Å². The summed E-state index contributed by atoms with van der Waals surface area (Å²) in [5, 5.41) is 11.6. The number of methoxy groups -OCH3 is 1. The second-order valence-corrected chi connectivity index (χ2v) is 2.99. The lowest BCUT2D eigenvalue weighted by Gasteiger charge is -2.38. The lowest BCUT2D eigenvalue weighted by molar-refractivity contribution is -0.812. The van der Waals surface area contributed by atoms with E-state index in [0.717, 1.165) is 0 Å². The van der Waals surface area contributed by atoms with Crippen LogP contribution in [0.3, 0.4) is 0 Å². The maximum atomic E-state index is 11.6. The van der Waals surface area contributed by atoms with Gasteiger partial charge in [-0.05, 0) is 12.2 Å². The molecule has 0 radical (unpaired) electrons. The molecule has 5 heteroatoms. The van der Waals surface area contributed by atoms with Gasteiger partial charge in [0.25, 0.3) is 0 Å². The van der Waals surface area contributed by atoms with Crippen molar-refractivity contribution < 1.29 is 14.2 Å². The third kappa shape index (κ3) is 2.30. The van der Waals surface area contributed by atoms with Crippen LogP contribution < -0.4 is 0 Å². The number of alkyl halides is 1. The topological polar surface area (TPSA) is 49.4 Å². The maximum Gasteiger partial charge on any atom is 0.339 e. The molecule has 1 aliphatic rings. The van der Waals surface area contributed by atoms with E-state index in [0.29, 0.717) is 5.57 Å². The maximum absolute atomic E-state index is 11.6.